The number of rotatable bonds is 9. The number of methoxy groups -OCH3 is 1. The van der Waals surface area contributed by atoms with Gasteiger partial charge in [0.15, 0.2) is 11.6 Å². The number of hydrogen-bond donors (Lipinski definition) is 2. The second kappa shape index (κ2) is 15.2. The maximum Gasteiger partial charge on any atom is 0.329 e. The van der Waals surface area contributed by atoms with Crippen molar-refractivity contribution in [2.75, 3.05) is 44.0 Å². The standard InChI is InChI=1S/C41H46F2N8O5/c1-47(27-15-17-49(18-16-27)33-5-4-6-34-38(33)48(2)41(55)51(34)35-13-14-37(52)45-40(35)54)22-24-7-10-28(11-8-24)50-23-26-20-32(36(56-3)21-31(26)46-50)44-39(53)25-9-12-29(42)30(43)19-25/h4-6,9,12,19-21,23-24,27-28,35H,7-8,10-11,13-18,22H2,1-3H3,(H,44,53)(H,45,52,54). The fourth-order valence-electron chi connectivity index (χ4n) is 8.96. The number of imidazole rings is 1. The van der Waals surface area contributed by atoms with Crippen LogP contribution in [0.5, 0.6) is 5.75 Å². The quantitative estimate of drug-likeness (QED) is 0.187. The third kappa shape index (κ3) is 7.04. The number of anilines is 2. The molecule has 294 valence electrons. The van der Waals surface area contributed by atoms with Gasteiger partial charge >= 0.3 is 5.69 Å². The Kier molecular flexibility index (Phi) is 10.1. The Labute approximate surface area is 322 Å². The molecule has 3 amide bonds. The van der Waals surface area contributed by atoms with Crippen LogP contribution in [0.1, 0.15) is 73.8 Å². The number of hydrogen-bond acceptors (Lipinski definition) is 8. The van der Waals surface area contributed by atoms with E-state index in [-0.39, 0.29) is 29.6 Å². The molecule has 13 nitrogen and oxygen atoms in total. The summed E-state index contributed by atoms with van der Waals surface area (Å²) in [6.07, 6.45) is 8.68. The van der Waals surface area contributed by atoms with E-state index in [2.05, 4.69) is 27.5 Å². The Morgan fingerprint density at radius 3 is 2.46 bits per heavy atom. The normalized spacial score (nSPS) is 20.9. The number of aryl methyl sites for hydroxylation is 1. The molecule has 8 rings (SSSR count). The van der Waals surface area contributed by atoms with Gasteiger partial charge in [0.1, 0.15) is 11.8 Å². The van der Waals surface area contributed by atoms with Crippen molar-refractivity contribution in [2.24, 2.45) is 13.0 Å². The van der Waals surface area contributed by atoms with Crippen LogP contribution in [0.4, 0.5) is 20.2 Å². The third-order valence-electron chi connectivity index (χ3n) is 12.0. The molecule has 1 atom stereocenters. The number of halogens is 2. The highest BCUT2D eigenvalue weighted by atomic mass is 19.2. The minimum Gasteiger partial charge on any atom is -0.494 e. The van der Waals surface area contributed by atoms with E-state index in [0.717, 1.165) is 92.4 Å². The van der Waals surface area contributed by atoms with Crippen LogP contribution < -0.4 is 26.0 Å². The molecule has 4 heterocycles. The van der Waals surface area contributed by atoms with E-state index in [9.17, 15) is 28.0 Å². The summed E-state index contributed by atoms with van der Waals surface area (Å²) in [4.78, 5) is 55.6. The van der Waals surface area contributed by atoms with Crippen LogP contribution >= 0.6 is 0 Å². The highest BCUT2D eigenvalue weighted by molar-refractivity contribution is 6.06. The van der Waals surface area contributed by atoms with E-state index in [1.165, 1.54) is 13.2 Å². The van der Waals surface area contributed by atoms with Crippen molar-refractivity contribution in [3.63, 3.8) is 0 Å². The number of aromatic nitrogens is 4. The molecular formula is C41H46F2N8O5. The number of ether oxygens (including phenoxy) is 1. The number of nitrogens with one attached hydrogen (secondary N) is 2. The number of nitrogens with zero attached hydrogens (tertiary/aromatic N) is 6. The van der Waals surface area contributed by atoms with Gasteiger partial charge in [-0.15, -0.1) is 0 Å². The molecule has 1 unspecified atom stereocenters. The molecule has 2 saturated heterocycles. The number of carbonyl (C=O) groups excluding carboxylic acids is 3. The van der Waals surface area contributed by atoms with E-state index in [0.29, 0.717) is 35.3 Å². The van der Waals surface area contributed by atoms with Crippen molar-refractivity contribution in [2.45, 2.75) is 69.5 Å². The molecule has 0 radical (unpaired) electrons. The zero-order valence-corrected chi connectivity index (χ0v) is 31.8. The highest BCUT2D eigenvalue weighted by Crippen LogP contribution is 2.37. The van der Waals surface area contributed by atoms with Crippen LogP contribution in [0.25, 0.3) is 21.9 Å². The first-order valence-corrected chi connectivity index (χ1v) is 19.3. The number of piperidine rings is 2. The van der Waals surface area contributed by atoms with E-state index < -0.39 is 29.5 Å². The lowest BCUT2D eigenvalue weighted by molar-refractivity contribution is -0.135. The number of para-hydroxylation sites is 1. The molecule has 15 heteroatoms. The highest BCUT2D eigenvalue weighted by Gasteiger charge is 2.33. The molecule has 1 saturated carbocycles. The Bertz CT molecular complexity index is 2390. The minimum atomic E-state index is -1.09. The largest absolute Gasteiger partial charge is 0.494 e. The third-order valence-corrected chi connectivity index (χ3v) is 12.0. The Morgan fingerprint density at radius 1 is 0.982 bits per heavy atom. The number of carbonyl (C=O) groups is 3. The van der Waals surface area contributed by atoms with Gasteiger partial charge in [0.25, 0.3) is 5.91 Å². The van der Waals surface area contributed by atoms with Crippen molar-refractivity contribution in [3.8, 4) is 5.75 Å². The van der Waals surface area contributed by atoms with Gasteiger partial charge in [0.05, 0.1) is 41.1 Å². The molecule has 1 aliphatic carbocycles. The number of benzene rings is 3. The van der Waals surface area contributed by atoms with Crippen LogP contribution in [0.15, 0.2) is 59.5 Å². The second-order valence-corrected chi connectivity index (χ2v) is 15.5. The lowest BCUT2D eigenvalue weighted by Crippen LogP contribution is -2.45. The average Bonchev–Trinajstić information content (AvgIpc) is 3.73. The Hall–Kier alpha value is -5.57. The lowest BCUT2D eigenvalue weighted by atomic mass is 9.85. The summed E-state index contributed by atoms with van der Waals surface area (Å²) in [6.45, 7) is 2.73. The van der Waals surface area contributed by atoms with Crippen molar-refractivity contribution in [3.05, 3.63) is 82.4 Å². The van der Waals surface area contributed by atoms with E-state index in [1.807, 2.05) is 29.1 Å². The van der Waals surface area contributed by atoms with E-state index in [4.69, 9.17) is 9.84 Å². The molecular weight excluding hydrogens is 722 g/mol. The second-order valence-electron chi connectivity index (χ2n) is 15.5. The number of imide groups is 1. The Morgan fingerprint density at radius 2 is 1.75 bits per heavy atom. The first kappa shape index (κ1) is 37.4. The van der Waals surface area contributed by atoms with Crippen LogP contribution in [0.3, 0.4) is 0 Å². The molecule has 2 aliphatic heterocycles. The van der Waals surface area contributed by atoms with Gasteiger partial charge in [-0.3, -0.25) is 33.5 Å². The molecule has 2 N–H and O–H groups in total. The smallest absolute Gasteiger partial charge is 0.329 e. The van der Waals surface area contributed by atoms with Gasteiger partial charge in [-0.25, -0.2) is 13.6 Å². The predicted octanol–water partition coefficient (Wildman–Crippen LogP) is 5.54. The van der Waals surface area contributed by atoms with Gasteiger partial charge in [-0.05, 0) is 94.3 Å². The van der Waals surface area contributed by atoms with Crippen LogP contribution in [0, 0.1) is 17.6 Å². The monoisotopic (exact) mass is 768 g/mol. The minimum absolute atomic E-state index is 0.00181. The van der Waals surface area contributed by atoms with Crippen molar-refractivity contribution < 1.29 is 27.9 Å². The van der Waals surface area contributed by atoms with Crippen LogP contribution in [0.2, 0.25) is 0 Å². The van der Waals surface area contributed by atoms with Gasteiger partial charge < -0.3 is 19.9 Å². The summed E-state index contributed by atoms with van der Waals surface area (Å²) in [5.41, 5.74) is 3.40. The molecule has 5 aromatic rings. The van der Waals surface area contributed by atoms with Gasteiger partial charge in [-0.1, -0.05) is 6.07 Å². The molecule has 3 aliphatic rings. The summed E-state index contributed by atoms with van der Waals surface area (Å²) in [5.74, 6) is -2.43. The zero-order chi connectivity index (χ0) is 39.2. The van der Waals surface area contributed by atoms with Crippen LogP contribution in [-0.4, -0.2) is 81.4 Å². The summed E-state index contributed by atoms with van der Waals surface area (Å²) < 4.78 is 37.9. The van der Waals surface area contributed by atoms with Gasteiger partial charge in [-0.2, -0.15) is 5.10 Å². The Balaban J connectivity index is 0.867. The SMILES string of the molecule is COc1cc2nn(C3CCC(CN(C)C4CCN(c5cccc6c5n(C)c(=O)n6C5CCC(=O)NC5=O)CC4)CC3)cc2cc1NC(=O)c1ccc(F)c(F)c1. The molecule has 56 heavy (non-hydrogen) atoms. The first-order chi connectivity index (χ1) is 27.0. The summed E-state index contributed by atoms with van der Waals surface area (Å²) in [7, 11) is 5.48. The molecule has 2 aromatic heterocycles. The van der Waals surface area contributed by atoms with Crippen molar-refractivity contribution >= 4 is 51.0 Å². The first-order valence-electron chi connectivity index (χ1n) is 19.3. The van der Waals surface area contributed by atoms with Crippen molar-refractivity contribution in [1.82, 2.24) is 29.1 Å². The average molecular weight is 769 g/mol. The number of amides is 3. The summed E-state index contributed by atoms with van der Waals surface area (Å²) in [6, 6.07) is 12.5. The van der Waals surface area contributed by atoms with Gasteiger partial charge in [0, 0.05) is 62.4 Å². The summed E-state index contributed by atoms with van der Waals surface area (Å²) in [5, 5.41) is 10.9. The zero-order valence-electron chi connectivity index (χ0n) is 31.8. The van der Waals surface area contributed by atoms with Crippen LogP contribution in [-0.2, 0) is 16.6 Å². The molecule has 0 spiro atoms. The lowest BCUT2D eigenvalue weighted by Gasteiger charge is -2.40. The summed E-state index contributed by atoms with van der Waals surface area (Å²) >= 11 is 0. The fraction of sp³-hybridized carbons (Fsp3) is 0.439. The van der Waals surface area contributed by atoms with E-state index in [1.54, 1.807) is 28.3 Å². The fourth-order valence-corrected chi connectivity index (χ4v) is 8.96. The van der Waals surface area contributed by atoms with Gasteiger partial charge in [0.2, 0.25) is 11.8 Å². The molecule has 0 bridgehead atoms. The molecule has 3 fully saturated rings. The van der Waals surface area contributed by atoms with E-state index >= 15 is 0 Å². The maximum atomic E-state index is 13.8. The molecule has 3 aromatic carbocycles. The van der Waals surface area contributed by atoms with Crippen molar-refractivity contribution in [1.29, 1.82) is 0 Å². The predicted molar refractivity (Wildman–Crippen MR) is 208 cm³/mol. The maximum absolute atomic E-state index is 13.8. The topological polar surface area (TPSA) is 136 Å². The number of fused-ring (bicyclic) bond motifs is 2.